The number of phenols is 4. The van der Waals surface area contributed by atoms with Gasteiger partial charge in [-0.05, 0) is 71.8 Å². The summed E-state index contributed by atoms with van der Waals surface area (Å²) < 4.78 is 0. The van der Waals surface area contributed by atoms with Crippen molar-refractivity contribution in [1.82, 2.24) is 0 Å². The quantitative estimate of drug-likeness (QED) is 0.188. The molecular formula is C33H34BrO5P. The maximum atomic E-state index is 10.1. The highest BCUT2D eigenvalue weighted by atomic mass is 79.9. The van der Waals surface area contributed by atoms with E-state index in [1.807, 2.05) is 18.2 Å². The second-order valence-corrected chi connectivity index (χ2v) is 12.3. The van der Waals surface area contributed by atoms with Crippen LogP contribution in [-0.4, -0.2) is 25.5 Å². The van der Waals surface area contributed by atoms with Crippen molar-refractivity contribution in [3.63, 3.8) is 0 Å². The van der Waals surface area contributed by atoms with E-state index in [-0.39, 0.29) is 54.0 Å². The van der Waals surface area contributed by atoms with Crippen LogP contribution >= 0.6 is 7.26 Å². The van der Waals surface area contributed by atoms with Crippen LogP contribution in [0.25, 0.3) is 0 Å². The summed E-state index contributed by atoms with van der Waals surface area (Å²) in [4.78, 5) is 0. The maximum absolute atomic E-state index is 10.1. The van der Waals surface area contributed by atoms with Crippen LogP contribution in [-0.2, 0) is 12.8 Å². The average molecular weight is 622 g/mol. The van der Waals surface area contributed by atoms with E-state index >= 15 is 0 Å². The molecule has 0 aliphatic carbocycles. The molecule has 0 aliphatic heterocycles. The molecular weight excluding hydrogens is 587 g/mol. The highest BCUT2D eigenvalue weighted by molar-refractivity contribution is 7.95. The Kier molecular flexibility index (Phi) is 12.2. The van der Waals surface area contributed by atoms with Gasteiger partial charge in [0.15, 0.2) is 0 Å². The van der Waals surface area contributed by atoms with E-state index in [1.165, 1.54) is 40.2 Å². The highest BCUT2D eigenvalue weighted by Crippen LogP contribution is 2.58. The fourth-order valence-corrected chi connectivity index (χ4v) is 8.75. The van der Waals surface area contributed by atoms with E-state index in [0.717, 1.165) is 5.56 Å². The minimum Gasteiger partial charge on any atom is -1.00 e. The number of rotatable bonds is 6. The first-order chi connectivity index (χ1) is 18.4. The Morgan fingerprint density at radius 2 is 0.750 bits per heavy atom. The monoisotopic (exact) mass is 620 g/mol. The molecule has 5 aromatic carbocycles. The van der Waals surface area contributed by atoms with Crippen LogP contribution in [0.3, 0.4) is 0 Å². The van der Waals surface area contributed by atoms with Crippen LogP contribution in [0.4, 0.5) is 0 Å². The van der Waals surface area contributed by atoms with Gasteiger partial charge in [-0.1, -0.05) is 62.0 Å². The van der Waals surface area contributed by atoms with Gasteiger partial charge in [0, 0.05) is 12.1 Å². The molecule has 0 heterocycles. The van der Waals surface area contributed by atoms with Crippen molar-refractivity contribution in [3.8, 4) is 23.0 Å². The second-order valence-electron chi connectivity index (χ2n) is 8.85. The largest absolute Gasteiger partial charge is 1.00 e. The van der Waals surface area contributed by atoms with Crippen molar-refractivity contribution in [2.75, 3.05) is 0 Å². The average Bonchev–Trinajstić information content (AvgIpc) is 2.92. The lowest BCUT2D eigenvalue weighted by molar-refractivity contribution is -0.0000132. The number of hydrogen-bond donors (Lipinski definition) is 5. The van der Waals surface area contributed by atoms with Gasteiger partial charge in [-0.2, -0.15) is 0 Å². The Morgan fingerprint density at radius 1 is 0.450 bits per heavy atom. The predicted octanol–water partition coefficient (Wildman–Crippen LogP) is 2.82. The van der Waals surface area contributed by atoms with Crippen molar-refractivity contribution < 1.29 is 42.5 Å². The summed E-state index contributed by atoms with van der Waals surface area (Å²) in [7, 11) is -2.04. The van der Waals surface area contributed by atoms with Gasteiger partial charge in [0.05, 0.1) is 12.8 Å². The Hall–Kier alpha value is -3.83. The first kappa shape index (κ1) is 32.4. The Labute approximate surface area is 246 Å². The standard InChI is InChI=1S/C25H21O2P.C7H8O3.CH4.BrH/c26-21-16-20(17-22(27)18-21)19-28(23-10-4-1-5-11-23,24-12-6-2-7-13-24)25-14-8-3-9-15-25;8-4-5-1-6(9)3-7(10)2-5;;/h1-18H,19H2,(H-,26,27);1-3,8-10H,4H2;1H4;1H. The van der Waals surface area contributed by atoms with Crippen LogP contribution in [0, 0.1) is 0 Å². The molecule has 5 nitrogen and oxygen atoms in total. The molecule has 7 heteroatoms. The number of hydrogen-bond acceptors (Lipinski definition) is 5. The van der Waals surface area contributed by atoms with Gasteiger partial charge < -0.3 is 42.5 Å². The predicted molar refractivity (Wildman–Crippen MR) is 161 cm³/mol. The zero-order valence-electron chi connectivity index (χ0n) is 21.1. The number of phenolic OH excluding ortho intramolecular Hbond substituents is 4. The Bertz CT molecular complexity index is 1330. The molecule has 0 saturated carbocycles. The fraction of sp³-hybridized carbons (Fsp3) is 0.0909. The summed E-state index contributed by atoms with van der Waals surface area (Å²) >= 11 is 0. The maximum Gasteiger partial charge on any atom is 0.119 e. The van der Waals surface area contributed by atoms with Gasteiger partial charge in [-0.25, -0.2) is 0 Å². The lowest BCUT2D eigenvalue weighted by Gasteiger charge is -2.28. The third-order valence-corrected chi connectivity index (χ3v) is 10.5. The lowest BCUT2D eigenvalue weighted by Crippen LogP contribution is -3.00. The van der Waals surface area contributed by atoms with Crippen molar-refractivity contribution in [2.45, 2.75) is 20.2 Å². The number of aromatic hydroxyl groups is 4. The minimum atomic E-state index is -2.04. The molecule has 40 heavy (non-hydrogen) atoms. The lowest BCUT2D eigenvalue weighted by atomic mass is 10.2. The van der Waals surface area contributed by atoms with Crippen LogP contribution in [0.5, 0.6) is 23.0 Å². The highest BCUT2D eigenvalue weighted by Gasteiger charge is 2.45. The molecule has 208 valence electrons. The van der Waals surface area contributed by atoms with Gasteiger partial charge in [-0.3, -0.25) is 0 Å². The molecule has 0 atom stereocenters. The molecule has 0 aromatic heterocycles. The van der Waals surface area contributed by atoms with Gasteiger partial charge in [0.2, 0.25) is 0 Å². The topological polar surface area (TPSA) is 101 Å². The first-order valence-corrected chi connectivity index (χ1v) is 14.1. The molecule has 0 aliphatic rings. The third-order valence-electron chi connectivity index (χ3n) is 6.12. The van der Waals surface area contributed by atoms with Gasteiger partial charge >= 0.3 is 0 Å². The molecule has 0 unspecified atom stereocenters. The van der Waals surface area contributed by atoms with Gasteiger partial charge in [0.25, 0.3) is 0 Å². The molecule has 0 fully saturated rings. The van der Waals surface area contributed by atoms with Gasteiger partial charge in [0.1, 0.15) is 46.2 Å². The SMILES string of the molecule is C.OCc1cc(O)cc(O)c1.Oc1cc(O)cc(C[P+](c2ccccc2)(c2ccccc2)c2ccccc2)c1.[Br-]. The molecule has 0 bridgehead atoms. The summed E-state index contributed by atoms with van der Waals surface area (Å²) in [6.07, 6.45) is 0.715. The van der Waals surface area contributed by atoms with Crippen LogP contribution < -0.4 is 32.9 Å². The second kappa shape index (κ2) is 15.1. The summed E-state index contributed by atoms with van der Waals surface area (Å²) in [5.74, 6) is 0.0951. The smallest absolute Gasteiger partial charge is 0.119 e. The molecule has 0 radical (unpaired) electrons. The molecule has 0 amide bonds. The summed E-state index contributed by atoms with van der Waals surface area (Å²) in [6, 6.07) is 40.6. The van der Waals surface area contributed by atoms with Crippen LogP contribution in [0.1, 0.15) is 18.6 Å². The van der Waals surface area contributed by atoms with Crippen LogP contribution in [0.15, 0.2) is 127 Å². The zero-order valence-corrected chi connectivity index (χ0v) is 23.6. The van der Waals surface area contributed by atoms with E-state index in [2.05, 4.69) is 72.8 Å². The van der Waals surface area contributed by atoms with Gasteiger partial charge in [-0.15, -0.1) is 0 Å². The number of aliphatic hydroxyl groups is 1. The fourth-order valence-electron chi connectivity index (χ4n) is 4.54. The molecule has 0 saturated heterocycles. The molecule has 5 N–H and O–H groups in total. The molecule has 5 aromatic rings. The van der Waals surface area contributed by atoms with E-state index in [9.17, 15) is 10.2 Å². The summed E-state index contributed by atoms with van der Waals surface area (Å²) in [5, 5.41) is 50.2. The summed E-state index contributed by atoms with van der Waals surface area (Å²) in [6.45, 7) is -0.179. The van der Waals surface area contributed by atoms with Crippen molar-refractivity contribution >= 4 is 23.2 Å². The van der Waals surface area contributed by atoms with Crippen molar-refractivity contribution in [3.05, 3.63) is 139 Å². The number of benzene rings is 5. The molecule has 5 rings (SSSR count). The normalized spacial score (nSPS) is 10.3. The van der Waals surface area contributed by atoms with Crippen molar-refractivity contribution in [2.24, 2.45) is 0 Å². The van der Waals surface area contributed by atoms with E-state index in [1.54, 1.807) is 12.1 Å². The van der Waals surface area contributed by atoms with Crippen LogP contribution in [0.2, 0.25) is 0 Å². The first-order valence-electron chi connectivity index (χ1n) is 12.1. The van der Waals surface area contributed by atoms with E-state index in [0.29, 0.717) is 11.7 Å². The van der Waals surface area contributed by atoms with E-state index in [4.69, 9.17) is 15.3 Å². The number of halogens is 1. The number of aliphatic hydroxyl groups excluding tert-OH is 1. The summed E-state index contributed by atoms with van der Waals surface area (Å²) in [5.41, 5.74) is 1.42. The Balaban J connectivity index is 0.000000399. The van der Waals surface area contributed by atoms with E-state index < -0.39 is 7.26 Å². The zero-order chi connectivity index (χ0) is 27.0. The Morgan fingerprint density at radius 3 is 1.05 bits per heavy atom. The van der Waals surface area contributed by atoms with Crippen molar-refractivity contribution in [1.29, 1.82) is 0 Å². The minimum absolute atomic E-state index is 0. The third kappa shape index (κ3) is 7.86. The molecule has 0 spiro atoms.